The predicted octanol–water partition coefficient (Wildman–Crippen LogP) is 1.01. The standard InChI is InChI=1S/C18H21N5O2/c1-21(2)12-17(24)16-9-15-11-22(6-7-23(15)20-16)18(25)14-5-3-4-13(8-14)10-19/h3-5,8-9,17,24H,6-7,11-12H2,1-2H3/t17-/m0/s1. The summed E-state index contributed by atoms with van der Waals surface area (Å²) in [6, 6.07) is 10.7. The Morgan fingerprint density at radius 1 is 1.40 bits per heavy atom. The number of likely N-dealkylation sites (N-methyl/N-ethyl adjacent to an activating group) is 1. The van der Waals surface area contributed by atoms with Crippen molar-refractivity contribution in [3.63, 3.8) is 0 Å². The van der Waals surface area contributed by atoms with Crippen molar-refractivity contribution in [2.45, 2.75) is 19.2 Å². The molecule has 130 valence electrons. The monoisotopic (exact) mass is 339 g/mol. The first kappa shape index (κ1) is 17.1. The Balaban J connectivity index is 1.75. The summed E-state index contributed by atoms with van der Waals surface area (Å²) < 4.78 is 1.85. The van der Waals surface area contributed by atoms with Crippen LogP contribution in [-0.2, 0) is 13.1 Å². The third-order valence-corrected chi connectivity index (χ3v) is 4.22. The summed E-state index contributed by atoms with van der Waals surface area (Å²) >= 11 is 0. The summed E-state index contributed by atoms with van der Waals surface area (Å²) in [5, 5.41) is 23.7. The quantitative estimate of drug-likeness (QED) is 0.898. The number of fused-ring (bicyclic) bond motifs is 1. The van der Waals surface area contributed by atoms with Crippen molar-refractivity contribution < 1.29 is 9.90 Å². The topological polar surface area (TPSA) is 85.4 Å². The van der Waals surface area contributed by atoms with E-state index in [1.807, 2.05) is 29.7 Å². The van der Waals surface area contributed by atoms with Crippen molar-refractivity contribution >= 4 is 5.91 Å². The fraction of sp³-hybridized carbons (Fsp3) is 0.389. The highest BCUT2D eigenvalue weighted by Crippen LogP contribution is 2.20. The lowest BCUT2D eigenvalue weighted by atomic mass is 10.1. The number of aliphatic hydroxyl groups is 1. The van der Waals surface area contributed by atoms with Crippen LogP contribution in [0.5, 0.6) is 0 Å². The Morgan fingerprint density at radius 2 is 2.20 bits per heavy atom. The Labute approximate surface area is 146 Å². The summed E-state index contributed by atoms with van der Waals surface area (Å²) in [7, 11) is 3.80. The van der Waals surface area contributed by atoms with Gasteiger partial charge in [-0.05, 0) is 38.4 Å². The SMILES string of the molecule is CN(C)C[C@H](O)c1cc2n(n1)CCN(C(=O)c1cccc(C#N)c1)C2. The summed E-state index contributed by atoms with van der Waals surface area (Å²) in [5.41, 5.74) is 2.52. The first-order valence-corrected chi connectivity index (χ1v) is 8.17. The van der Waals surface area contributed by atoms with Crippen LogP contribution in [-0.4, -0.2) is 57.8 Å². The van der Waals surface area contributed by atoms with Gasteiger partial charge < -0.3 is 14.9 Å². The molecule has 0 unspecified atom stereocenters. The van der Waals surface area contributed by atoms with Gasteiger partial charge in [0.05, 0.1) is 36.1 Å². The molecule has 1 N–H and O–H groups in total. The van der Waals surface area contributed by atoms with Crippen LogP contribution in [0.25, 0.3) is 0 Å². The maximum atomic E-state index is 12.7. The maximum Gasteiger partial charge on any atom is 0.254 e. The Morgan fingerprint density at radius 3 is 2.92 bits per heavy atom. The molecular formula is C18H21N5O2. The smallest absolute Gasteiger partial charge is 0.254 e. The first-order valence-electron chi connectivity index (χ1n) is 8.17. The number of benzene rings is 1. The number of carbonyl (C=O) groups is 1. The zero-order chi connectivity index (χ0) is 18.0. The lowest BCUT2D eigenvalue weighted by Crippen LogP contribution is -2.38. The van der Waals surface area contributed by atoms with Gasteiger partial charge >= 0.3 is 0 Å². The Hall–Kier alpha value is -2.69. The van der Waals surface area contributed by atoms with E-state index in [0.29, 0.717) is 43.0 Å². The van der Waals surface area contributed by atoms with Gasteiger partial charge in [0.25, 0.3) is 5.91 Å². The van der Waals surface area contributed by atoms with E-state index >= 15 is 0 Å². The molecule has 1 amide bonds. The molecule has 0 fully saturated rings. The van der Waals surface area contributed by atoms with Crippen molar-refractivity contribution in [2.24, 2.45) is 0 Å². The number of aliphatic hydroxyl groups excluding tert-OH is 1. The second-order valence-electron chi connectivity index (χ2n) is 6.48. The number of hydrogen-bond acceptors (Lipinski definition) is 5. The van der Waals surface area contributed by atoms with Gasteiger partial charge in [0.2, 0.25) is 0 Å². The first-order chi connectivity index (χ1) is 12.0. The summed E-state index contributed by atoms with van der Waals surface area (Å²) in [5.74, 6) is -0.0973. The molecule has 0 bridgehead atoms. The van der Waals surface area contributed by atoms with Gasteiger partial charge in [0.1, 0.15) is 6.10 Å². The number of aromatic nitrogens is 2. The largest absolute Gasteiger partial charge is 0.385 e. The highest BCUT2D eigenvalue weighted by molar-refractivity contribution is 5.94. The van der Waals surface area contributed by atoms with Crippen LogP contribution in [0.3, 0.4) is 0 Å². The van der Waals surface area contributed by atoms with Crippen molar-refractivity contribution in [3.8, 4) is 6.07 Å². The molecule has 2 heterocycles. The Bertz CT molecular complexity index is 821. The van der Waals surface area contributed by atoms with E-state index in [9.17, 15) is 9.90 Å². The van der Waals surface area contributed by atoms with Gasteiger partial charge in [0, 0.05) is 18.7 Å². The molecular weight excluding hydrogens is 318 g/mol. The van der Waals surface area contributed by atoms with E-state index in [2.05, 4.69) is 11.2 Å². The molecule has 1 aromatic carbocycles. The summed E-state index contributed by atoms with van der Waals surface area (Å²) in [6.07, 6.45) is -0.649. The molecule has 0 radical (unpaired) electrons. The van der Waals surface area contributed by atoms with E-state index in [0.717, 1.165) is 5.69 Å². The number of nitrogens with zero attached hydrogens (tertiary/aromatic N) is 5. The summed E-state index contributed by atoms with van der Waals surface area (Å²) in [6.45, 7) is 2.08. The molecule has 7 nitrogen and oxygen atoms in total. The van der Waals surface area contributed by atoms with E-state index in [1.165, 1.54) is 0 Å². The molecule has 0 saturated carbocycles. The zero-order valence-electron chi connectivity index (χ0n) is 14.4. The number of rotatable bonds is 4. The molecule has 3 rings (SSSR count). The van der Waals surface area contributed by atoms with Gasteiger partial charge in [-0.25, -0.2) is 0 Å². The van der Waals surface area contributed by atoms with Crippen LogP contribution in [0, 0.1) is 11.3 Å². The number of hydrogen-bond donors (Lipinski definition) is 1. The molecule has 0 aliphatic carbocycles. The molecule has 7 heteroatoms. The average molecular weight is 339 g/mol. The van der Waals surface area contributed by atoms with Gasteiger partial charge in [-0.15, -0.1) is 0 Å². The fourth-order valence-electron chi connectivity index (χ4n) is 2.97. The van der Waals surface area contributed by atoms with Gasteiger partial charge in [-0.3, -0.25) is 9.48 Å². The van der Waals surface area contributed by atoms with Crippen molar-refractivity contribution in [1.82, 2.24) is 19.6 Å². The van der Waals surface area contributed by atoms with Gasteiger partial charge in [0.15, 0.2) is 0 Å². The van der Waals surface area contributed by atoms with E-state index in [1.54, 1.807) is 29.2 Å². The van der Waals surface area contributed by atoms with Crippen LogP contribution in [0.1, 0.15) is 33.4 Å². The minimum Gasteiger partial charge on any atom is -0.385 e. The van der Waals surface area contributed by atoms with E-state index < -0.39 is 6.10 Å². The van der Waals surface area contributed by atoms with Crippen molar-refractivity contribution in [2.75, 3.05) is 27.2 Å². The van der Waals surface area contributed by atoms with E-state index in [-0.39, 0.29) is 5.91 Å². The highest BCUT2D eigenvalue weighted by Gasteiger charge is 2.25. The molecule has 2 aromatic rings. The molecule has 1 aromatic heterocycles. The lowest BCUT2D eigenvalue weighted by molar-refractivity contribution is 0.0705. The number of carbonyl (C=O) groups excluding carboxylic acids is 1. The van der Waals surface area contributed by atoms with Gasteiger partial charge in [-0.2, -0.15) is 10.4 Å². The highest BCUT2D eigenvalue weighted by atomic mass is 16.3. The van der Waals surface area contributed by atoms with Crippen LogP contribution in [0.2, 0.25) is 0 Å². The third kappa shape index (κ3) is 3.71. The van der Waals surface area contributed by atoms with E-state index in [4.69, 9.17) is 5.26 Å². The zero-order valence-corrected chi connectivity index (χ0v) is 14.4. The second-order valence-corrected chi connectivity index (χ2v) is 6.48. The predicted molar refractivity (Wildman–Crippen MR) is 91.6 cm³/mol. The normalized spacial score (nSPS) is 14.9. The molecule has 0 spiro atoms. The third-order valence-electron chi connectivity index (χ3n) is 4.22. The van der Waals surface area contributed by atoms with Crippen LogP contribution < -0.4 is 0 Å². The number of nitriles is 1. The average Bonchev–Trinajstić information content (AvgIpc) is 3.04. The minimum atomic E-state index is -0.649. The Kier molecular flexibility index (Phi) is 4.83. The van der Waals surface area contributed by atoms with Crippen LogP contribution >= 0.6 is 0 Å². The lowest BCUT2D eigenvalue weighted by Gasteiger charge is -2.27. The molecule has 1 aliphatic heterocycles. The molecule has 1 atom stereocenters. The second kappa shape index (κ2) is 7.05. The molecule has 25 heavy (non-hydrogen) atoms. The van der Waals surface area contributed by atoms with Crippen LogP contribution in [0.15, 0.2) is 30.3 Å². The maximum absolute atomic E-state index is 12.7. The number of amides is 1. The summed E-state index contributed by atoms with van der Waals surface area (Å²) in [4.78, 5) is 16.3. The van der Waals surface area contributed by atoms with Gasteiger partial charge in [-0.1, -0.05) is 6.07 Å². The van der Waals surface area contributed by atoms with Crippen molar-refractivity contribution in [3.05, 3.63) is 52.8 Å². The molecule has 1 aliphatic rings. The molecule has 0 saturated heterocycles. The van der Waals surface area contributed by atoms with Crippen LogP contribution in [0.4, 0.5) is 0 Å². The fourth-order valence-corrected chi connectivity index (χ4v) is 2.97. The minimum absolute atomic E-state index is 0.0973. The van der Waals surface area contributed by atoms with Crippen molar-refractivity contribution in [1.29, 1.82) is 5.26 Å².